The molecule has 3 rings (SSSR count). The summed E-state index contributed by atoms with van der Waals surface area (Å²) in [6, 6.07) is 8.13. The quantitative estimate of drug-likeness (QED) is 0.737. The molecule has 0 aliphatic rings. The molecule has 4 nitrogen and oxygen atoms in total. The fourth-order valence-electron chi connectivity index (χ4n) is 2.21. The molecule has 0 spiro atoms. The molecule has 3 aromatic rings. The predicted octanol–water partition coefficient (Wildman–Crippen LogP) is 2.62. The molecule has 0 aromatic carbocycles. The molecule has 90 valence electrons. The van der Waals surface area contributed by atoms with E-state index in [1.807, 2.05) is 31.5 Å². The molecule has 0 unspecified atom stereocenters. The Balaban J connectivity index is 2.15. The first-order valence-corrected chi connectivity index (χ1v) is 5.90. The largest absolute Gasteiger partial charge is 0.364 e. The van der Waals surface area contributed by atoms with Crippen molar-refractivity contribution >= 4 is 0 Å². The predicted molar refractivity (Wildman–Crippen MR) is 69.3 cm³/mol. The summed E-state index contributed by atoms with van der Waals surface area (Å²) in [4.78, 5) is 15.3. The van der Waals surface area contributed by atoms with Crippen LogP contribution in [0.4, 0.5) is 0 Å². The van der Waals surface area contributed by atoms with Crippen molar-refractivity contribution in [3.8, 4) is 0 Å². The van der Waals surface area contributed by atoms with Gasteiger partial charge in [0.05, 0.1) is 17.3 Å². The molecule has 0 saturated heterocycles. The van der Waals surface area contributed by atoms with Crippen LogP contribution in [0.25, 0.3) is 0 Å². The Morgan fingerprint density at radius 1 is 0.944 bits per heavy atom. The molecule has 0 bridgehead atoms. The van der Waals surface area contributed by atoms with Gasteiger partial charge in [0.15, 0.2) is 0 Å². The van der Waals surface area contributed by atoms with Gasteiger partial charge in [-0.1, -0.05) is 0 Å². The summed E-state index contributed by atoms with van der Waals surface area (Å²) < 4.78 is 0. The Morgan fingerprint density at radius 2 is 1.56 bits per heavy atom. The van der Waals surface area contributed by atoms with Gasteiger partial charge in [0.2, 0.25) is 0 Å². The second kappa shape index (κ2) is 4.49. The van der Waals surface area contributed by atoms with Crippen molar-refractivity contribution in [2.24, 2.45) is 0 Å². The van der Waals surface area contributed by atoms with E-state index in [0.29, 0.717) is 0 Å². The van der Waals surface area contributed by atoms with Gasteiger partial charge in [-0.15, -0.1) is 0 Å². The molecule has 3 heterocycles. The zero-order valence-electron chi connectivity index (χ0n) is 10.1. The molecule has 0 fully saturated rings. The summed E-state index contributed by atoms with van der Waals surface area (Å²) >= 11 is 0. The van der Waals surface area contributed by atoms with E-state index in [9.17, 15) is 0 Å². The van der Waals surface area contributed by atoms with Crippen LogP contribution in [0.15, 0.2) is 49.1 Å². The highest BCUT2D eigenvalue weighted by Crippen LogP contribution is 2.29. The van der Waals surface area contributed by atoms with Gasteiger partial charge < -0.3 is 9.97 Å². The van der Waals surface area contributed by atoms with Gasteiger partial charge >= 0.3 is 0 Å². The maximum absolute atomic E-state index is 4.49. The van der Waals surface area contributed by atoms with Gasteiger partial charge in [-0.25, -0.2) is 0 Å². The third kappa shape index (κ3) is 1.82. The molecule has 0 amide bonds. The van der Waals surface area contributed by atoms with Crippen LogP contribution in [-0.4, -0.2) is 19.9 Å². The number of rotatable bonds is 3. The van der Waals surface area contributed by atoms with Gasteiger partial charge in [0.25, 0.3) is 0 Å². The minimum Gasteiger partial charge on any atom is -0.364 e. The van der Waals surface area contributed by atoms with Gasteiger partial charge in [0, 0.05) is 36.2 Å². The van der Waals surface area contributed by atoms with Crippen LogP contribution < -0.4 is 0 Å². The lowest BCUT2D eigenvalue weighted by Crippen LogP contribution is -2.09. The third-order valence-corrected chi connectivity index (χ3v) is 3.06. The highest BCUT2D eigenvalue weighted by Gasteiger charge is 2.21. The van der Waals surface area contributed by atoms with Crippen molar-refractivity contribution in [3.63, 3.8) is 0 Å². The van der Waals surface area contributed by atoms with E-state index in [1.54, 1.807) is 12.4 Å². The van der Waals surface area contributed by atoms with E-state index >= 15 is 0 Å². The minimum atomic E-state index is 0.0729. The number of aromatic amines is 2. The van der Waals surface area contributed by atoms with Crippen LogP contribution in [0, 0.1) is 6.92 Å². The minimum absolute atomic E-state index is 0.0729. The summed E-state index contributed by atoms with van der Waals surface area (Å²) in [6.45, 7) is 1.99. The van der Waals surface area contributed by atoms with Gasteiger partial charge in [-0.2, -0.15) is 0 Å². The Hall–Kier alpha value is -2.36. The van der Waals surface area contributed by atoms with Crippen molar-refractivity contribution in [1.82, 2.24) is 19.9 Å². The van der Waals surface area contributed by atoms with Gasteiger partial charge in [0.1, 0.15) is 0 Å². The van der Waals surface area contributed by atoms with Crippen molar-refractivity contribution in [2.75, 3.05) is 0 Å². The van der Waals surface area contributed by atoms with Crippen LogP contribution in [0.1, 0.15) is 28.7 Å². The lowest BCUT2D eigenvalue weighted by Gasteiger charge is -2.15. The van der Waals surface area contributed by atoms with Crippen molar-refractivity contribution in [3.05, 3.63) is 71.8 Å². The lowest BCUT2D eigenvalue weighted by atomic mass is 9.96. The number of hydrogen-bond acceptors (Lipinski definition) is 2. The lowest BCUT2D eigenvalue weighted by molar-refractivity contribution is 0.829. The second-order valence-electron chi connectivity index (χ2n) is 4.21. The number of H-pyrrole nitrogens is 2. The van der Waals surface area contributed by atoms with E-state index in [-0.39, 0.29) is 5.92 Å². The fraction of sp³-hybridized carbons (Fsp3) is 0.143. The van der Waals surface area contributed by atoms with E-state index in [2.05, 4.69) is 32.1 Å². The highest BCUT2D eigenvalue weighted by molar-refractivity contribution is 5.35. The molecular formula is C14H14N4. The van der Waals surface area contributed by atoms with Crippen molar-refractivity contribution < 1.29 is 0 Å². The SMILES string of the molecule is Cc1nccnc1C(c1ccc[nH]1)c1ccc[nH]1. The van der Waals surface area contributed by atoms with Crippen molar-refractivity contribution in [2.45, 2.75) is 12.8 Å². The maximum Gasteiger partial charge on any atom is 0.0831 e. The number of nitrogens with one attached hydrogen (secondary N) is 2. The molecule has 0 aliphatic heterocycles. The summed E-state index contributed by atoms with van der Waals surface area (Å²) in [6.07, 6.45) is 7.31. The van der Waals surface area contributed by atoms with Crippen LogP contribution in [0.5, 0.6) is 0 Å². The Kier molecular flexibility index (Phi) is 2.68. The van der Waals surface area contributed by atoms with E-state index in [0.717, 1.165) is 22.8 Å². The van der Waals surface area contributed by atoms with Crippen LogP contribution in [0.2, 0.25) is 0 Å². The maximum atomic E-state index is 4.49. The molecule has 0 radical (unpaired) electrons. The molecule has 4 heteroatoms. The number of aromatic nitrogens is 4. The molecule has 0 saturated carbocycles. The average Bonchev–Trinajstić information content (AvgIpc) is 3.05. The first-order valence-electron chi connectivity index (χ1n) is 5.90. The topological polar surface area (TPSA) is 57.4 Å². The van der Waals surface area contributed by atoms with Gasteiger partial charge in [-0.3, -0.25) is 9.97 Å². The first kappa shape index (κ1) is 10.8. The van der Waals surface area contributed by atoms with Crippen LogP contribution in [0.3, 0.4) is 0 Å². The smallest absolute Gasteiger partial charge is 0.0831 e. The standard InChI is InChI=1S/C14H14N4/c1-10-14(18-9-8-15-10)13(11-4-2-6-16-11)12-5-3-7-17-12/h2-9,13,16-17H,1H3. The summed E-state index contributed by atoms with van der Waals surface area (Å²) in [5.41, 5.74) is 4.15. The molecule has 18 heavy (non-hydrogen) atoms. The van der Waals surface area contributed by atoms with Crippen molar-refractivity contribution in [1.29, 1.82) is 0 Å². The molecular weight excluding hydrogens is 224 g/mol. The molecule has 3 aromatic heterocycles. The summed E-state index contributed by atoms with van der Waals surface area (Å²) in [5.74, 6) is 0.0729. The zero-order chi connectivity index (χ0) is 12.4. The number of aryl methyl sites for hydroxylation is 1. The Morgan fingerprint density at radius 3 is 2.06 bits per heavy atom. The second-order valence-corrected chi connectivity index (χ2v) is 4.21. The first-order chi connectivity index (χ1) is 8.86. The number of hydrogen-bond donors (Lipinski definition) is 2. The monoisotopic (exact) mass is 238 g/mol. The van der Waals surface area contributed by atoms with E-state index in [4.69, 9.17) is 0 Å². The normalized spacial score (nSPS) is 11.0. The molecule has 2 N–H and O–H groups in total. The van der Waals surface area contributed by atoms with E-state index in [1.165, 1.54) is 0 Å². The zero-order valence-corrected chi connectivity index (χ0v) is 10.1. The fourth-order valence-corrected chi connectivity index (χ4v) is 2.21. The van der Waals surface area contributed by atoms with E-state index < -0.39 is 0 Å². The number of nitrogens with zero attached hydrogens (tertiary/aromatic N) is 2. The summed E-state index contributed by atoms with van der Waals surface area (Å²) in [5, 5.41) is 0. The third-order valence-electron chi connectivity index (χ3n) is 3.06. The van der Waals surface area contributed by atoms with Crippen LogP contribution in [-0.2, 0) is 0 Å². The van der Waals surface area contributed by atoms with Gasteiger partial charge in [-0.05, 0) is 31.2 Å². The molecule has 0 atom stereocenters. The Bertz CT molecular complexity index is 577. The Labute approximate surface area is 105 Å². The van der Waals surface area contributed by atoms with Crippen LogP contribution >= 0.6 is 0 Å². The average molecular weight is 238 g/mol. The molecule has 0 aliphatic carbocycles. The summed E-state index contributed by atoms with van der Waals surface area (Å²) in [7, 11) is 0. The highest BCUT2D eigenvalue weighted by atomic mass is 14.8.